The van der Waals surface area contributed by atoms with Gasteiger partial charge in [0.15, 0.2) is 12.4 Å². The van der Waals surface area contributed by atoms with Crippen molar-refractivity contribution in [1.82, 2.24) is 4.98 Å². The number of fused-ring (bicyclic) bond motifs is 1. The maximum absolute atomic E-state index is 3.20. The number of benzene rings is 1. The van der Waals surface area contributed by atoms with Gasteiger partial charge >= 0.3 is 0 Å². The summed E-state index contributed by atoms with van der Waals surface area (Å²) in [5.74, 6) is 0. The summed E-state index contributed by atoms with van der Waals surface area (Å²) in [5.41, 5.74) is 3.61. The molecule has 0 bridgehead atoms. The quantitative estimate of drug-likeness (QED) is 0.495. The van der Waals surface area contributed by atoms with Gasteiger partial charge in [-0.1, -0.05) is 18.2 Å². The largest absolute Gasteiger partial charge is 1.00 e. The van der Waals surface area contributed by atoms with Gasteiger partial charge in [0.2, 0.25) is 0 Å². The van der Waals surface area contributed by atoms with Crippen LogP contribution in [0.3, 0.4) is 0 Å². The first-order valence-electron chi connectivity index (χ1n) is 6.02. The van der Waals surface area contributed by atoms with Crippen molar-refractivity contribution >= 4 is 23.1 Å². The summed E-state index contributed by atoms with van der Waals surface area (Å²) >= 11 is 0. The number of nitrogens with one attached hydrogen (secondary N) is 1. The van der Waals surface area contributed by atoms with Crippen LogP contribution in [0.5, 0.6) is 0 Å². The highest BCUT2D eigenvalue weighted by Crippen LogP contribution is 2.16. The van der Waals surface area contributed by atoms with E-state index in [1.165, 1.54) is 22.0 Å². The summed E-state index contributed by atoms with van der Waals surface area (Å²) in [4.78, 5) is 3.20. The molecule has 3 aromatic rings. The van der Waals surface area contributed by atoms with Gasteiger partial charge in [0.05, 0.1) is 0 Å². The number of nitrogens with zero attached hydrogens (tertiary/aromatic N) is 1. The van der Waals surface area contributed by atoms with Gasteiger partial charge in [-0.05, 0) is 34.7 Å². The average molecular weight is 362 g/mol. The fourth-order valence-electron chi connectivity index (χ4n) is 1.99. The van der Waals surface area contributed by atoms with Crippen LogP contribution < -0.4 is 28.5 Å². The minimum Gasteiger partial charge on any atom is -1.00 e. The maximum atomic E-state index is 3.20. The first-order valence-corrected chi connectivity index (χ1v) is 6.02. The van der Waals surface area contributed by atoms with E-state index in [0.717, 1.165) is 0 Å². The number of aryl methyl sites for hydroxylation is 1. The highest BCUT2D eigenvalue weighted by atomic mass is 127. The average Bonchev–Trinajstić information content (AvgIpc) is 2.85. The summed E-state index contributed by atoms with van der Waals surface area (Å²) in [5, 5.41) is 1.25. The van der Waals surface area contributed by atoms with Gasteiger partial charge in [0.25, 0.3) is 0 Å². The van der Waals surface area contributed by atoms with Crippen molar-refractivity contribution in [3.8, 4) is 0 Å². The molecule has 0 radical (unpaired) electrons. The van der Waals surface area contributed by atoms with Gasteiger partial charge in [0, 0.05) is 23.8 Å². The molecule has 0 saturated carbocycles. The standard InChI is InChI=1S/C16H14N2.HI/c1-18-10-7-13(8-11-18)2-3-14-4-5-16-15(12-14)6-9-17-16;/h2-12H,1H3;1H. The SMILES string of the molecule is C[n+]1ccc(/C=C/c2ccc3[nH]ccc3c2)cc1.[I-]. The zero-order chi connectivity index (χ0) is 12.4. The number of halogens is 1. The molecule has 3 heteroatoms. The second-order valence-corrected chi connectivity index (χ2v) is 4.45. The van der Waals surface area contributed by atoms with Gasteiger partial charge < -0.3 is 29.0 Å². The molecule has 0 amide bonds. The molecule has 0 atom stereocenters. The lowest BCUT2D eigenvalue weighted by molar-refractivity contribution is -0.671. The molecule has 96 valence electrons. The van der Waals surface area contributed by atoms with Crippen LogP contribution in [-0.2, 0) is 7.05 Å². The molecule has 1 N–H and O–H groups in total. The van der Waals surface area contributed by atoms with E-state index in [-0.39, 0.29) is 24.0 Å². The predicted molar refractivity (Wildman–Crippen MR) is 74.8 cm³/mol. The van der Waals surface area contributed by atoms with E-state index in [1.807, 2.05) is 17.8 Å². The van der Waals surface area contributed by atoms with Crippen LogP contribution in [0.1, 0.15) is 11.1 Å². The van der Waals surface area contributed by atoms with E-state index in [4.69, 9.17) is 0 Å². The molecule has 2 nitrogen and oxygen atoms in total. The number of aromatic nitrogens is 2. The minimum atomic E-state index is 0. The predicted octanol–water partition coefficient (Wildman–Crippen LogP) is 0.167. The normalized spacial score (nSPS) is 10.8. The van der Waals surface area contributed by atoms with Crippen molar-refractivity contribution in [3.05, 3.63) is 66.1 Å². The Bertz CT molecular complexity index is 696. The van der Waals surface area contributed by atoms with Crippen LogP contribution in [0.25, 0.3) is 23.1 Å². The molecule has 0 unspecified atom stereocenters. The Balaban J connectivity index is 0.00000133. The number of H-pyrrole nitrogens is 1. The fourth-order valence-corrected chi connectivity index (χ4v) is 1.99. The molecular formula is C16H15IN2. The van der Waals surface area contributed by atoms with Crippen LogP contribution in [0.2, 0.25) is 0 Å². The van der Waals surface area contributed by atoms with Gasteiger partial charge in [-0.3, -0.25) is 0 Å². The van der Waals surface area contributed by atoms with E-state index in [2.05, 4.69) is 65.9 Å². The smallest absolute Gasteiger partial charge is 0.169 e. The van der Waals surface area contributed by atoms with Crippen molar-refractivity contribution in [2.24, 2.45) is 7.05 Å². The van der Waals surface area contributed by atoms with Gasteiger partial charge in [0.1, 0.15) is 7.05 Å². The molecule has 0 aliphatic rings. The zero-order valence-electron chi connectivity index (χ0n) is 10.7. The van der Waals surface area contributed by atoms with E-state index < -0.39 is 0 Å². The van der Waals surface area contributed by atoms with Crippen LogP contribution in [0.4, 0.5) is 0 Å². The molecular weight excluding hydrogens is 347 g/mol. The molecule has 1 aromatic carbocycles. The van der Waals surface area contributed by atoms with Crippen LogP contribution in [0.15, 0.2) is 55.0 Å². The van der Waals surface area contributed by atoms with Crippen molar-refractivity contribution in [2.75, 3.05) is 0 Å². The molecule has 0 aliphatic heterocycles. The Morgan fingerprint density at radius 2 is 1.68 bits per heavy atom. The van der Waals surface area contributed by atoms with Crippen molar-refractivity contribution in [2.45, 2.75) is 0 Å². The Kier molecular flexibility index (Phi) is 4.37. The number of aromatic amines is 1. The molecule has 0 spiro atoms. The Labute approximate surface area is 129 Å². The number of rotatable bonds is 2. The third kappa shape index (κ3) is 3.23. The molecule has 19 heavy (non-hydrogen) atoms. The summed E-state index contributed by atoms with van der Waals surface area (Å²) in [6.45, 7) is 0. The Morgan fingerprint density at radius 3 is 2.47 bits per heavy atom. The molecule has 0 saturated heterocycles. The van der Waals surface area contributed by atoms with E-state index in [1.54, 1.807) is 0 Å². The Morgan fingerprint density at radius 1 is 0.947 bits per heavy atom. The zero-order valence-corrected chi connectivity index (χ0v) is 12.8. The van der Waals surface area contributed by atoms with Crippen LogP contribution in [0, 0.1) is 0 Å². The third-order valence-corrected chi connectivity index (χ3v) is 3.05. The monoisotopic (exact) mass is 362 g/mol. The molecule has 0 aliphatic carbocycles. The summed E-state index contributed by atoms with van der Waals surface area (Å²) in [6, 6.07) is 12.7. The number of hydrogen-bond donors (Lipinski definition) is 1. The topological polar surface area (TPSA) is 19.7 Å². The molecule has 2 aromatic heterocycles. The lowest BCUT2D eigenvalue weighted by atomic mass is 10.1. The maximum Gasteiger partial charge on any atom is 0.169 e. The van der Waals surface area contributed by atoms with Crippen LogP contribution >= 0.6 is 0 Å². The van der Waals surface area contributed by atoms with Crippen LogP contribution in [-0.4, -0.2) is 4.98 Å². The number of hydrogen-bond acceptors (Lipinski definition) is 0. The molecule has 3 rings (SSSR count). The molecule has 0 fully saturated rings. The highest BCUT2D eigenvalue weighted by molar-refractivity contribution is 5.83. The van der Waals surface area contributed by atoms with Gasteiger partial charge in [-0.2, -0.15) is 0 Å². The lowest BCUT2D eigenvalue weighted by Gasteiger charge is -1.95. The van der Waals surface area contributed by atoms with Crippen molar-refractivity contribution in [3.63, 3.8) is 0 Å². The second kappa shape index (κ2) is 6.02. The molecule has 2 heterocycles. The first-order chi connectivity index (χ1) is 8.81. The number of pyridine rings is 1. The lowest BCUT2D eigenvalue weighted by Crippen LogP contribution is -3.00. The summed E-state index contributed by atoms with van der Waals surface area (Å²) in [6.07, 6.45) is 10.3. The van der Waals surface area contributed by atoms with E-state index >= 15 is 0 Å². The van der Waals surface area contributed by atoms with Gasteiger partial charge in [-0.15, -0.1) is 0 Å². The summed E-state index contributed by atoms with van der Waals surface area (Å²) in [7, 11) is 2.02. The second-order valence-electron chi connectivity index (χ2n) is 4.45. The van der Waals surface area contributed by atoms with Crippen molar-refractivity contribution in [1.29, 1.82) is 0 Å². The van der Waals surface area contributed by atoms with Crippen molar-refractivity contribution < 1.29 is 28.5 Å². The van der Waals surface area contributed by atoms with Gasteiger partial charge in [-0.25, -0.2) is 4.57 Å². The Hall–Kier alpha value is -1.62. The highest BCUT2D eigenvalue weighted by Gasteiger charge is 1.95. The third-order valence-electron chi connectivity index (χ3n) is 3.05. The minimum absolute atomic E-state index is 0. The summed E-state index contributed by atoms with van der Waals surface area (Å²) < 4.78 is 2.03. The fraction of sp³-hybridized carbons (Fsp3) is 0.0625. The first kappa shape index (κ1) is 13.8. The van der Waals surface area contributed by atoms with E-state index in [0.29, 0.717) is 0 Å². The van der Waals surface area contributed by atoms with E-state index in [9.17, 15) is 0 Å².